The van der Waals surface area contributed by atoms with E-state index in [1.54, 1.807) is 23.9 Å². The van der Waals surface area contributed by atoms with Gasteiger partial charge in [0.2, 0.25) is 10.0 Å². The predicted molar refractivity (Wildman–Crippen MR) is 90.2 cm³/mol. The molecule has 21 heavy (non-hydrogen) atoms. The van der Waals surface area contributed by atoms with E-state index in [1.165, 1.54) is 12.8 Å². The molecule has 0 atom stereocenters. The Morgan fingerprint density at radius 3 is 2.38 bits per heavy atom. The SMILES string of the molecule is CSC1(CNS(=O)(=O)c2cc(C)c(C)cc2N)CCCC1. The first-order valence-corrected chi connectivity index (χ1v) is 9.92. The van der Waals surface area contributed by atoms with Gasteiger partial charge in [-0.25, -0.2) is 13.1 Å². The van der Waals surface area contributed by atoms with Crippen LogP contribution in [0.3, 0.4) is 0 Å². The lowest BCUT2D eigenvalue weighted by Gasteiger charge is -2.27. The maximum Gasteiger partial charge on any atom is 0.242 e. The molecule has 0 bridgehead atoms. The number of aryl methyl sites for hydroxylation is 2. The minimum absolute atomic E-state index is 0.0432. The summed E-state index contributed by atoms with van der Waals surface area (Å²) in [6.07, 6.45) is 6.55. The fourth-order valence-corrected chi connectivity index (χ4v) is 5.15. The second-order valence-electron chi connectivity index (χ2n) is 5.89. The highest BCUT2D eigenvalue weighted by Gasteiger charge is 2.34. The van der Waals surface area contributed by atoms with E-state index in [9.17, 15) is 8.42 Å². The maximum atomic E-state index is 12.5. The van der Waals surface area contributed by atoms with Gasteiger partial charge < -0.3 is 5.73 Å². The molecule has 1 saturated carbocycles. The smallest absolute Gasteiger partial charge is 0.242 e. The minimum atomic E-state index is -3.55. The largest absolute Gasteiger partial charge is 0.398 e. The van der Waals surface area contributed by atoms with Crippen LogP contribution in [0.25, 0.3) is 0 Å². The van der Waals surface area contributed by atoms with Crippen molar-refractivity contribution in [1.82, 2.24) is 4.72 Å². The van der Waals surface area contributed by atoms with Crippen LogP contribution in [0.4, 0.5) is 5.69 Å². The first kappa shape index (κ1) is 16.6. The monoisotopic (exact) mass is 328 g/mol. The molecule has 0 aromatic heterocycles. The number of hydrogen-bond acceptors (Lipinski definition) is 4. The van der Waals surface area contributed by atoms with Crippen LogP contribution in [-0.4, -0.2) is 26.0 Å². The lowest BCUT2D eigenvalue weighted by molar-refractivity contribution is 0.551. The van der Waals surface area contributed by atoms with E-state index in [1.807, 2.05) is 13.8 Å². The van der Waals surface area contributed by atoms with Crippen molar-refractivity contribution >= 4 is 27.5 Å². The summed E-state index contributed by atoms with van der Waals surface area (Å²) in [6, 6.07) is 3.39. The Kier molecular flexibility index (Phi) is 4.90. The third-order valence-corrected chi connectivity index (χ3v) is 7.32. The molecule has 0 radical (unpaired) electrons. The zero-order valence-corrected chi connectivity index (χ0v) is 14.5. The number of nitrogens with one attached hydrogen (secondary N) is 1. The summed E-state index contributed by atoms with van der Waals surface area (Å²) in [5, 5.41) is 0. The van der Waals surface area contributed by atoms with Gasteiger partial charge in [0, 0.05) is 11.3 Å². The van der Waals surface area contributed by atoms with Gasteiger partial charge >= 0.3 is 0 Å². The van der Waals surface area contributed by atoms with Gasteiger partial charge in [0.1, 0.15) is 4.90 Å². The number of hydrogen-bond donors (Lipinski definition) is 2. The van der Waals surface area contributed by atoms with Gasteiger partial charge in [0.15, 0.2) is 0 Å². The highest BCUT2D eigenvalue weighted by Crippen LogP contribution is 2.40. The molecule has 0 aliphatic heterocycles. The number of nitrogens with two attached hydrogens (primary N) is 1. The molecule has 0 heterocycles. The van der Waals surface area contributed by atoms with E-state index in [2.05, 4.69) is 11.0 Å². The van der Waals surface area contributed by atoms with Crippen LogP contribution in [0.15, 0.2) is 17.0 Å². The molecule has 6 heteroatoms. The first-order chi connectivity index (χ1) is 9.80. The summed E-state index contributed by atoms with van der Waals surface area (Å²) in [5.41, 5.74) is 8.15. The van der Waals surface area contributed by atoms with Crippen molar-refractivity contribution in [1.29, 1.82) is 0 Å². The van der Waals surface area contributed by atoms with E-state index in [4.69, 9.17) is 5.73 Å². The van der Waals surface area contributed by atoms with Crippen molar-refractivity contribution in [2.75, 3.05) is 18.5 Å². The molecule has 0 spiro atoms. The molecule has 0 saturated heterocycles. The Labute approximate surface area is 131 Å². The van der Waals surface area contributed by atoms with E-state index >= 15 is 0 Å². The number of anilines is 1. The van der Waals surface area contributed by atoms with E-state index in [0.717, 1.165) is 24.0 Å². The van der Waals surface area contributed by atoms with Gasteiger partial charge in [-0.15, -0.1) is 0 Å². The van der Waals surface area contributed by atoms with Crippen molar-refractivity contribution in [2.24, 2.45) is 0 Å². The third kappa shape index (κ3) is 3.55. The average molecular weight is 329 g/mol. The summed E-state index contributed by atoms with van der Waals surface area (Å²) in [6.45, 7) is 4.30. The summed E-state index contributed by atoms with van der Waals surface area (Å²) >= 11 is 1.77. The quantitative estimate of drug-likeness (QED) is 0.815. The van der Waals surface area contributed by atoms with Crippen LogP contribution in [-0.2, 0) is 10.0 Å². The second kappa shape index (κ2) is 6.18. The van der Waals surface area contributed by atoms with Crippen LogP contribution >= 0.6 is 11.8 Å². The lowest BCUT2D eigenvalue weighted by Crippen LogP contribution is -2.38. The molecule has 1 aliphatic rings. The van der Waals surface area contributed by atoms with Crippen molar-refractivity contribution in [2.45, 2.75) is 49.2 Å². The fraction of sp³-hybridized carbons (Fsp3) is 0.600. The van der Waals surface area contributed by atoms with Crippen molar-refractivity contribution in [3.63, 3.8) is 0 Å². The zero-order chi connectivity index (χ0) is 15.7. The van der Waals surface area contributed by atoms with Gasteiger partial charge in [-0.1, -0.05) is 12.8 Å². The topological polar surface area (TPSA) is 72.2 Å². The standard InChI is InChI=1S/C15H24N2O2S2/c1-11-8-13(16)14(9-12(11)2)21(18,19)17-10-15(20-3)6-4-5-7-15/h8-9,17H,4-7,10,16H2,1-3H3. The predicted octanol–water partition coefficient (Wildman–Crippen LogP) is 2.84. The number of nitrogen functional groups attached to an aromatic ring is 1. The van der Waals surface area contributed by atoms with E-state index in [0.29, 0.717) is 12.2 Å². The molecule has 1 aromatic carbocycles. The van der Waals surface area contributed by atoms with Crippen LogP contribution < -0.4 is 10.5 Å². The Hall–Kier alpha value is -0.720. The van der Waals surface area contributed by atoms with Crippen LogP contribution in [0.2, 0.25) is 0 Å². The molecule has 4 nitrogen and oxygen atoms in total. The van der Waals surface area contributed by atoms with Crippen molar-refractivity contribution in [3.05, 3.63) is 23.3 Å². The van der Waals surface area contributed by atoms with Gasteiger partial charge in [-0.3, -0.25) is 0 Å². The Balaban J connectivity index is 2.21. The average Bonchev–Trinajstić information content (AvgIpc) is 2.90. The molecule has 3 N–H and O–H groups in total. The third-order valence-electron chi connectivity index (χ3n) is 4.45. The normalized spacial score (nSPS) is 18.0. The van der Waals surface area contributed by atoms with Crippen molar-refractivity contribution < 1.29 is 8.42 Å². The fourth-order valence-electron chi connectivity index (χ4n) is 2.82. The molecular weight excluding hydrogens is 304 g/mol. The summed E-state index contributed by atoms with van der Waals surface area (Å²) < 4.78 is 27.9. The van der Waals surface area contributed by atoms with E-state index in [-0.39, 0.29) is 9.64 Å². The Bertz CT molecular complexity index is 621. The summed E-state index contributed by atoms with van der Waals surface area (Å²) in [5.74, 6) is 0. The van der Waals surface area contributed by atoms with Crippen LogP contribution in [0.1, 0.15) is 36.8 Å². The molecule has 118 valence electrons. The second-order valence-corrected chi connectivity index (χ2v) is 8.90. The first-order valence-electron chi connectivity index (χ1n) is 7.21. The minimum Gasteiger partial charge on any atom is -0.398 e. The van der Waals surface area contributed by atoms with Crippen LogP contribution in [0.5, 0.6) is 0 Å². The molecule has 1 aromatic rings. The van der Waals surface area contributed by atoms with E-state index < -0.39 is 10.0 Å². The van der Waals surface area contributed by atoms with Gasteiger partial charge in [0.05, 0.1) is 5.69 Å². The molecular formula is C15H24N2O2S2. The van der Waals surface area contributed by atoms with Crippen LogP contribution in [0, 0.1) is 13.8 Å². The highest BCUT2D eigenvalue weighted by atomic mass is 32.2. The molecule has 1 fully saturated rings. The number of rotatable bonds is 5. The molecule has 0 unspecified atom stereocenters. The number of sulfonamides is 1. The number of benzene rings is 1. The summed E-state index contributed by atoms with van der Waals surface area (Å²) in [4.78, 5) is 0.194. The van der Waals surface area contributed by atoms with Gasteiger partial charge in [-0.2, -0.15) is 11.8 Å². The maximum absolute atomic E-state index is 12.5. The molecule has 0 amide bonds. The summed E-state index contributed by atoms with van der Waals surface area (Å²) in [7, 11) is -3.55. The van der Waals surface area contributed by atoms with Crippen molar-refractivity contribution in [3.8, 4) is 0 Å². The number of thioether (sulfide) groups is 1. The lowest BCUT2D eigenvalue weighted by atomic mass is 10.1. The zero-order valence-electron chi connectivity index (χ0n) is 12.9. The Morgan fingerprint density at radius 2 is 1.81 bits per heavy atom. The highest BCUT2D eigenvalue weighted by molar-refractivity contribution is 8.00. The van der Waals surface area contributed by atoms with Gasteiger partial charge in [0.25, 0.3) is 0 Å². The molecule has 2 rings (SSSR count). The van der Waals surface area contributed by atoms with Gasteiger partial charge in [-0.05, 0) is 56.2 Å². The Morgan fingerprint density at radius 1 is 1.24 bits per heavy atom. The molecule has 1 aliphatic carbocycles.